The third kappa shape index (κ3) is 8.57. The zero-order chi connectivity index (χ0) is 20.2. The number of nitro benzene ring substituents is 2. The van der Waals surface area contributed by atoms with E-state index >= 15 is 0 Å². The molecular formula is C17H19IN2O6S. The second-order valence-electron chi connectivity index (χ2n) is 5.67. The number of carbonyl (C=O) groups excluding carboxylic acids is 1. The first kappa shape index (κ1) is 23.2. The van der Waals surface area contributed by atoms with E-state index in [0.29, 0.717) is 19.3 Å². The fourth-order valence-electron chi connectivity index (χ4n) is 2.34. The van der Waals surface area contributed by atoms with Crippen molar-refractivity contribution in [1.82, 2.24) is 0 Å². The van der Waals surface area contributed by atoms with Crippen molar-refractivity contribution in [2.75, 3.05) is 0 Å². The lowest BCUT2D eigenvalue weighted by Gasteiger charge is -2.17. The van der Waals surface area contributed by atoms with Gasteiger partial charge in [0.1, 0.15) is 6.10 Å². The third-order valence-electron chi connectivity index (χ3n) is 3.67. The van der Waals surface area contributed by atoms with Crippen LogP contribution in [0.3, 0.4) is 0 Å². The second-order valence-corrected chi connectivity index (χ2v) is 7.35. The normalized spacial score (nSPS) is 11.2. The van der Waals surface area contributed by atoms with Crippen LogP contribution in [0.1, 0.15) is 55.8 Å². The van der Waals surface area contributed by atoms with Gasteiger partial charge < -0.3 is 4.74 Å². The molecule has 27 heavy (non-hydrogen) atoms. The molecular weight excluding hydrogens is 487 g/mol. The van der Waals surface area contributed by atoms with Gasteiger partial charge in [-0.25, -0.2) is 4.79 Å². The minimum atomic E-state index is -0.806. The van der Waals surface area contributed by atoms with Gasteiger partial charge in [0.15, 0.2) is 0 Å². The van der Waals surface area contributed by atoms with E-state index in [4.69, 9.17) is 4.74 Å². The largest absolute Gasteiger partial charge is 0.459 e. The Labute approximate surface area is 173 Å². The molecule has 0 aliphatic heterocycles. The molecule has 10 heteroatoms. The minimum Gasteiger partial charge on any atom is -0.459 e. The van der Waals surface area contributed by atoms with Crippen molar-refractivity contribution in [1.29, 1.82) is 0 Å². The van der Waals surface area contributed by atoms with E-state index in [-0.39, 0.29) is 5.56 Å². The average Bonchev–Trinajstić information content (AvgIpc) is 2.64. The maximum Gasteiger partial charge on any atom is 0.338 e. The summed E-state index contributed by atoms with van der Waals surface area (Å²) in [6, 6.07) is 2.79. The lowest BCUT2D eigenvalue weighted by atomic mass is 10.1. The summed E-state index contributed by atoms with van der Waals surface area (Å²) in [6.07, 6.45) is 4.23. The zero-order valence-electron chi connectivity index (χ0n) is 14.7. The molecule has 0 aliphatic carbocycles. The van der Waals surface area contributed by atoms with Gasteiger partial charge in [0, 0.05) is 39.8 Å². The predicted octanol–water partition coefficient (Wildman–Crippen LogP) is 5.43. The van der Waals surface area contributed by atoms with Crippen molar-refractivity contribution in [3.63, 3.8) is 0 Å². The van der Waals surface area contributed by atoms with Crippen LogP contribution in [0.5, 0.6) is 0 Å². The van der Waals surface area contributed by atoms with Gasteiger partial charge in [-0.2, -0.15) is 0 Å². The highest BCUT2D eigenvalue weighted by Gasteiger charge is 2.22. The molecule has 0 amide bonds. The number of non-ortho nitro benzene ring substituents is 2. The molecule has 1 aromatic carbocycles. The molecule has 0 N–H and O–H groups in total. The van der Waals surface area contributed by atoms with Crippen LogP contribution in [-0.4, -0.2) is 21.9 Å². The quantitative estimate of drug-likeness (QED) is 0.104. The summed E-state index contributed by atoms with van der Waals surface area (Å²) in [5.41, 5.74) is -1.25. The van der Waals surface area contributed by atoms with Gasteiger partial charge in [0.25, 0.3) is 11.4 Å². The molecule has 0 aromatic heterocycles. The van der Waals surface area contributed by atoms with Crippen molar-refractivity contribution in [2.45, 2.75) is 51.6 Å². The van der Waals surface area contributed by atoms with Gasteiger partial charge in [0.05, 0.1) is 21.5 Å². The molecule has 0 bridgehead atoms. The number of hydrogen-bond donors (Lipinski definition) is 0. The third-order valence-corrected chi connectivity index (χ3v) is 4.55. The second kappa shape index (κ2) is 12.5. The predicted molar refractivity (Wildman–Crippen MR) is 112 cm³/mol. The Morgan fingerprint density at radius 3 is 2.33 bits per heavy atom. The standard InChI is InChI=1S/C17H19IN2O6S/c1-2-3-4-7-16(8-5-6-9-27-18)26-17(21)13-10-14(19(22)23)12-15(11-13)20(24)25/h10-12,16H,2-5,7-8H2,1H3. The number of carbonyl (C=O) groups is 1. The molecule has 0 saturated carbocycles. The van der Waals surface area contributed by atoms with Crippen molar-refractivity contribution in [3.05, 3.63) is 44.0 Å². The number of halogens is 1. The maximum atomic E-state index is 12.4. The van der Waals surface area contributed by atoms with Crippen LogP contribution in [0.4, 0.5) is 11.4 Å². The molecule has 0 spiro atoms. The Bertz CT molecular complexity index is 714. The minimum absolute atomic E-state index is 0.203. The van der Waals surface area contributed by atoms with E-state index in [0.717, 1.165) is 37.5 Å². The summed E-state index contributed by atoms with van der Waals surface area (Å²) in [7, 11) is 1.37. The zero-order valence-corrected chi connectivity index (χ0v) is 17.7. The first-order chi connectivity index (χ1) is 12.9. The molecule has 1 atom stereocenters. The molecule has 1 rings (SSSR count). The van der Waals surface area contributed by atoms with Crippen molar-refractivity contribution >= 4 is 47.5 Å². The number of nitro groups is 2. The van der Waals surface area contributed by atoms with Crippen LogP contribution < -0.4 is 0 Å². The molecule has 0 saturated heterocycles. The molecule has 0 fully saturated rings. The number of hydrogen-bond acceptors (Lipinski definition) is 7. The number of rotatable bonds is 10. The molecule has 8 nitrogen and oxygen atoms in total. The summed E-state index contributed by atoms with van der Waals surface area (Å²) in [5.74, 6) is 2.15. The van der Waals surface area contributed by atoms with E-state index in [2.05, 4.69) is 39.3 Å². The van der Waals surface area contributed by atoms with E-state index < -0.39 is 33.3 Å². The van der Waals surface area contributed by atoms with E-state index in [1.54, 1.807) is 0 Å². The molecule has 146 valence electrons. The Morgan fingerprint density at radius 1 is 1.19 bits per heavy atom. The first-order valence-electron chi connectivity index (χ1n) is 8.29. The van der Waals surface area contributed by atoms with Crippen LogP contribution in [0.2, 0.25) is 0 Å². The van der Waals surface area contributed by atoms with Crippen LogP contribution in [0.15, 0.2) is 18.2 Å². The highest BCUT2D eigenvalue weighted by atomic mass is 127. The molecule has 1 aromatic rings. The highest BCUT2D eigenvalue weighted by Crippen LogP contribution is 2.24. The van der Waals surface area contributed by atoms with Gasteiger partial charge in [-0.05, 0) is 33.4 Å². The maximum absolute atomic E-state index is 12.4. The Balaban J connectivity index is 2.94. The van der Waals surface area contributed by atoms with Crippen LogP contribution in [-0.2, 0) is 4.74 Å². The number of ether oxygens (including phenoxy) is 1. The van der Waals surface area contributed by atoms with Crippen LogP contribution >= 0.6 is 30.1 Å². The topological polar surface area (TPSA) is 113 Å². The highest BCUT2D eigenvalue weighted by molar-refractivity contribution is 14.2. The van der Waals surface area contributed by atoms with E-state index in [1.807, 2.05) is 0 Å². The van der Waals surface area contributed by atoms with Crippen LogP contribution in [0, 0.1) is 31.4 Å². The summed E-state index contributed by atoms with van der Waals surface area (Å²) in [5, 5.41) is 24.8. The number of nitrogens with zero attached hydrogens (tertiary/aromatic N) is 2. The Kier molecular flexibility index (Phi) is 10.7. The average molecular weight is 506 g/mol. The Hall–Kier alpha value is -1.87. The SMILES string of the molecule is CCCCCC(CCC#CSI)OC(=O)c1cc([N+](=O)[O-])cc([N+](=O)[O-])c1. The number of benzene rings is 1. The Morgan fingerprint density at radius 2 is 1.81 bits per heavy atom. The number of unbranched alkanes of at least 4 members (excludes halogenated alkanes) is 2. The van der Waals surface area contributed by atoms with Gasteiger partial charge in [-0.1, -0.05) is 25.7 Å². The molecule has 0 aliphatic rings. The van der Waals surface area contributed by atoms with Crippen LogP contribution in [0.25, 0.3) is 0 Å². The van der Waals surface area contributed by atoms with E-state index in [9.17, 15) is 25.0 Å². The summed E-state index contributed by atoms with van der Waals surface area (Å²) in [4.78, 5) is 32.8. The summed E-state index contributed by atoms with van der Waals surface area (Å²) >= 11 is 2.06. The fraction of sp³-hybridized carbons (Fsp3) is 0.471. The molecule has 0 heterocycles. The molecule has 1 unspecified atom stereocenters. The summed E-state index contributed by atoms with van der Waals surface area (Å²) < 4.78 is 5.47. The lowest BCUT2D eigenvalue weighted by Crippen LogP contribution is -2.18. The first-order valence-corrected chi connectivity index (χ1v) is 11.6. The fourth-order valence-corrected chi connectivity index (χ4v) is 2.96. The van der Waals surface area contributed by atoms with Gasteiger partial charge >= 0.3 is 5.97 Å². The molecule has 0 radical (unpaired) electrons. The van der Waals surface area contributed by atoms with Crippen molar-refractivity contribution < 1.29 is 19.4 Å². The van der Waals surface area contributed by atoms with Crippen molar-refractivity contribution in [2.24, 2.45) is 0 Å². The number of esters is 1. The van der Waals surface area contributed by atoms with E-state index in [1.165, 1.54) is 8.93 Å². The summed E-state index contributed by atoms with van der Waals surface area (Å²) in [6.45, 7) is 2.06. The lowest BCUT2D eigenvalue weighted by molar-refractivity contribution is -0.394. The van der Waals surface area contributed by atoms with Gasteiger partial charge in [0.2, 0.25) is 0 Å². The van der Waals surface area contributed by atoms with Gasteiger partial charge in [-0.3, -0.25) is 20.2 Å². The smallest absolute Gasteiger partial charge is 0.338 e. The van der Waals surface area contributed by atoms with Gasteiger partial charge in [-0.15, -0.1) is 0 Å². The monoisotopic (exact) mass is 506 g/mol. The van der Waals surface area contributed by atoms with Crippen molar-refractivity contribution in [3.8, 4) is 11.2 Å².